The Morgan fingerprint density at radius 1 is 1.07 bits per heavy atom. The predicted molar refractivity (Wildman–Crippen MR) is 58.3 cm³/mol. The van der Waals surface area contributed by atoms with Gasteiger partial charge in [0.1, 0.15) is 0 Å². The highest BCUT2D eigenvalue weighted by molar-refractivity contribution is 5.53. The van der Waals surface area contributed by atoms with Gasteiger partial charge in [0, 0.05) is 13.6 Å². The van der Waals surface area contributed by atoms with Crippen LogP contribution in [0.1, 0.15) is 5.56 Å². The fourth-order valence-corrected chi connectivity index (χ4v) is 1.38. The minimum Gasteiger partial charge on any atom is -0.493 e. The Hall–Kier alpha value is -1.42. The third kappa shape index (κ3) is 2.53. The topological polar surface area (TPSA) is 39.7 Å². The largest absolute Gasteiger partial charge is 0.493 e. The van der Waals surface area contributed by atoms with Crippen molar-refractivity contribution in [2.24, 2.45) is 0 Å². The van der Waals surface area contributed by atoms with Gasteiger partial charge in [-0.3, -0.25) is 0 Å². The molecule has 4 heteroatoms. The van der Waals surface area contributed by atoms with Gasteiger partial charge in [0.2, 0.25) is 5.75 Å². The summed E-state index contributed by atoms with van der Waals surface area (Å²) in [5.41, 5.74) is 1.03. The molecule has 1 N–H and O–H groups in total. The lowest BCUT2D eigenvalue weighted by atomic mass is 10.2. The van der Waals surface area contributed by atoms with Crippen molar-refractivity contribution in [1.82, 2.24) is 5.32 Å². The van der Waals surface area contributed by atoms with Crippen molar-refractivity contribution in [3.8, 4) is 17.2 Å². The molecule has 83 valence electrons. The molecule has 0 heterocycles. The Labute approximate surface area is 90.1 Å². The Morgan fingerprint density at radius 2 is 1.60 bits per heavy atom. The first-order valence-electron chi connectivity index (χ1n) is 4.55. The molecule has 1 aromatic carbocycles. The van der Waals surface area contributed by atoms with Gasteiger partial charge in [-0.2, -0.15) is 0 Å². The molecule has 0 saturated heterocycles. The fourth-order valence-electron chi connectivity index (χ4n) is 1.38. The van der Waals surface area contributed by atoms with Crippen LogP contribution in [0.2, 0.25) is 0 Å². The summed E-state index contributed by atoms with van der Waals surface area (Å²) in [4.78, 5) is 0. The van der Waals surface area contributed by atoms with E-state index in [-0.39, 0.29) is 0 Å². The first kappa shape index (κ1) is 11.7. The number of benzene rings is 1. The van der Waals surface area contributed by atoms with Crippen LogP contribution in [0.15, 0.2) is 12.1 Å². The standard InChI is InChI=1S/C11H16NO3/c1-12-7-8-5-9(13-2)11(15-4)10(6-8)14-3/h5-6,12H,1,7H2,2-4H3. The molecule has 1 rings (SSSR count). The molecule has 4 nitrogen and oxygen atoms in total. The highest BCUT2D eigenvalue weighted by Gasteiger charge is 2.12. The van der Waals surface area contributed by atoms with Crippen molar-refractivity contribution >= 4 is 0 Å². The Kier molecular flexibility index (Phi) is 4.24. The van der Waals surface area contributed by atoms with Crippen LogP contribution in [-0.2, 0) is 6.54 Å². The minimum absolute atomic E-state index is 0.604. The van der Waals surface area contributed by atoms with Gasteiger partial charge in [-0.15, -0.1) is 0 Å². The third-order valence-corrected chi connectivity index (χ3v) is 2.05. The predicted octanol–water partition coefficient (Wildman–Crippen LogP) is 1.59. The molecule has 0 atom stereocenters. The van der Waals surface area contributed by atoms with E-state index in [1.54, 1.807) is 21.3 Å². The maximum Gasteiger partial charge on any atom is 0.203 e. The highest BCUT2D eigenvalue weighted by Crippen LogP contribution is 2.38. The first-order chi connectivity index (χ1) is 7.26. The molecule has 0 aliphatic carbocycles. The van der Waals surface area contributed by atoms with Crippen molar-refractivity contribution in [1.29, 1.82) is 0 Å². The van der Waals surface area contributed by atoms with Gasteiger partial charge in [-0.25, -0.2) is 0 Å². The molecule has 1 aromatic rings. The average molecular weight is 210 g/mol. The van der Waals surface area contributed by atoms with Crippen LogP contribution >= 0.6 is 0 Å². The van der Waals surface area contributed by atoms with Gasteiger partial charge in [0.05, 0.1) is 21.3 Å². The second-order valence-corrected chi connectivity index (χ2v) is 2.96. The molecule has 0 fully saturated rings. The van der Waals surface area contributed by atoms with E-state index in [0.29, 0.717) is 23.8 Å². The van der Waals surface area contributed by atoms with E-state index in [2.05, 4.69) is 12.4 Å². The lowest BCUT2D eigenvalue weighted by Gasteiger charge is -2.13. The summed E-state index contributed by atoms with van der Waals surface area (Å²) in [5.74, 6) is 1.91. The van der Waals surface area contributed by atoms with E-state index in [9.17, 15) is 0 Å². The van der Waals surface area contributed by atoms with E-state index >= 15 is 0 Å². The number of ether oxygens (including phenoxy) is 3. The van der Waals surface area contributed by atoms with Crippen molar-refractivity contribution in [3.63, 3.8) is 0 Å². The van der Waals surface area contributed by atoms with Crippen LogP contribution in [0.5, 0.6) is 17.2 Å². The Bertz CT molecular complexity index is 301. The number of hydrogen-bond donors (Lipinski definition) is 1. The number of rotatable bonds is 5. The molecule has 0 unspecified atom stereocenters. The molecule has 0 aliphatic heterocycles. The van der Waals surface area contributed by atoms with Crippen molar-refractivity contribution in [2.45, 2.75) is 6.54 Å². The summed E-state index contributed by atoms with van der Waals surface area (Å²) >= 11 is 0. The molecule has 15 heavy (non-hydrogen) atoms. The first-order valence-corrected chi connectivity index (χ1v) is 4.55. The zero-order valence-electron chi connectivity index (χ0n) is 9.29. The number of hydrogen-bond acceptors (Lipinski definition) is 4. The monoisotopic (exact) mass is 210 g/mol. The maximum absolute atomic E-state index is 5.21. The summed E-state index contributed by atoms with van der Waals surface area (Å²) in [6.45, 7) is 0.650. The summed E-state index contributed by atoms with van der Waals surface area (Å²) in [5, 5.41) is 2.82. The third-order valence-electron chi connectivity index (χ3n) is 2.05. The van der Waals surface area contributed by atoms with Crippen LogP contribution < -0.4 is 19.5 Å². The summed E-state index contributed by atoms with van der Waals surface area (Å²) in [6.07, 6.45) is 0. The van der Waals surface area contributed by atoms with Crippen molar-refractivity contribution in [2.75, 3.05) is 21.3 Å². The summed E-state index contributed by atoms with van der Waals surface area (Å²) in [7, 11) is 8.35. The van der Waals surface area contributed by atoms with Gasteiger partial charge in [-0.05, 0) is 17.7 Å². The molecule has 0 bridgehead atoms. The molecule has 0 spiro atoms. The number of nitrogens with one attached hydrogen (secondary N) is 1. The van der Waals surface area contributed by atoms with Crippen molar-refractivity contribution < 1.29 is 14.2 Å². The van der Waals surface area contributed by atoms with Crippen LogP contribution in [-0.4, -0.2) is 21.3 Å². The van der Waals surface area contributed by atoms with Crippen LogP contribution in [0.4, 0.5) is 0 Å². The van der Waals surface area contributed by atoms with Crippen LogP contribution in [0.25, 0.3) is 0 Å². The SMILES string of the molecule is [CH2]NCc1cc(OC)c(OC)c(OC)c1. The molecule has 0 saturated carbocycles. The highest BCUT2D eigenvalue weighted by atomic mass is 16.5. The fraction of sp³-hybridized carbons (Fsp3) is 0.364. The van der Waals surface area contributed by atoms with Gasteiger partial charge < -0.3 is 19.5 Å². The van der Waals surface area contributed by atoms with E-state index in [1.165, 1.54) is 0 Å². The van der Waals surface area contributed by atoms with Crippen LogP contribution in [0.3, 0.4) is 0 Å². The normalized spacial score (nSPS) is 9.87. The van der Waals surface area contributed by atoms with Gasteiger partial charge in [0.15, 0.2) is 11.5 Å². The van der Waals surface area contributed by atoms with Gasteiger partial charge in [-0.1, -0.05) is 0 Å². The lowest BCUT2D eigenvalue weighted by molar-refractivity contribution is 0.323. The average Bonchev–Trinajstić information content (AvgIpc) is 2.28. The molecule has 0 aliphatic rings. The Balaban J connectivity index is 3.16. The second kappa shape index (κ2) is 5.46. The molecule has 1 radical (unpaired) electrons. The summed E-state index contributed by atoms with van der Waals surface area (Å²) in [6, 6.07) is 3.78. The molecule has 0 amide bonds. The van der Waals surface area contributed by atoms with E-state index < -0.39 is 0 Å². The summed E-state index contributed by atoms with van der Waals surface area (Å²) < 4.78 is 15.6. The van der Waals surface area contributed by atoms with Crippen molar-refractivity contribution in [3.05, 3.63) is 24.7 Å². The minimum atomic E-state index is 0.604. The molecular formula is C11H16NO3. The van der Waals surface area contributed by atoms with E-state index in [1.807, 2.05) is 12.1 Å². The van der Waals surface area contributed by atoms with Gasteiger partial charge in [0.25, 0.3) is 0 Å². The van der Waals surface area contributed by atoms with E-state index in [4.69, 9.17) is 14.2 Å². The zero-order chi connectivity index (χ0) is 11.3. The smallest absolute Gasteiger partial charge is 0.203 e. The number of methoxy groups -OCH3 is 3. The zero-order valence-corrected chi connectivity index (χ0v) is 9.29. The maximum atomic E-state index is 5.21. The molecular weight excluding hydrogens is 194 g/mol. The molecule has 0 aromatic heterocycles. The van der Waals surface area contributed by atoms with E-state index in [0.717, 1.165) is 5.56 Å². The lowest BCUT2D eigenvalue weighted by Crippen LogP contribution is -2.04. The quantitative estimate of drug-likeness (QED) is 0.801. The second-order valence-electron chi connectivity index (χ2n) is 2.96. The Morgan fingerprint density at radius 3 is 1.93 bits per heavy atom. The van der Waals surface area contributed by atoms with Crippen LogP contribution in [0, 0.1) is 7.05 Å². The van der Waals surface area contributed by atoms with Gasteiger partial charge >= 0.3 is 0 Å².